The highest BCUT2D eigenvalue weighted by Crippen LogP contribution is 2.23. The van der Waals surface area contributed by atoms with Crippen molar-refractivity contribution in [2.75, 3.05) is 0 Å². The SMILES string of the molecule is Cc1noc(C)c1CNC(CC(=O)O)c1cccs1. The molecule has 0 bridgehead atoms. The third-order valence-electron chi connectivity index (χ3n) is 2.97. The van der Waals surface area contributed by atoms with Gasteiger partial charge < -0.3 is 14.9 Å². The van der Waals surface area contributed by atoms with E-state index in [-0.39, 0.29) is 12.5 Å². The van der Waals surface area contributed by atoms with Crippen LogP contribution in [0.3, 0.4) is 0 Å². The van der Waals surface area contributed by atoms with Gasteiger partial charge in [0.25, 0.3) is 0 Å². The van der Waals surface area contributed by atoms with E-state index in [0.29, 0.717) is 6.54 Å². The van der Waals surface area contributed by atoms with Crippen molar-refractivity contribution in [1.29, 1.82) is 0 Å². The van der Waals surface area contributed by atoms with Gasteiger partial charge in [0.1, 0.15) is 5.76 Å². The lowest BCUT2D eigenvalue weighted by molar-refractivity contribution is -0.137. The number of carboxylic acids is 1. The van der Waals surface area contributed by atoms with Gasteiger partial charge in [-0.1, -0.05) is 11.2 Å². The van der Waals surface area contributed by atoms with Crippen LogP contribution in [0.2, 0.25) is 0 Å². The van der Waals surface area contributed by atoms with Crippen molar-refractivity contribution in [2.45, 2.75) is 32.9 Å². The summed E-state index contributed by atoms with van der Waals surface area (Å²) in [6, 6.07) is 3.68. The Morgan fingerprint density at radius 3 is 2.89 bits per heavy atom. The zero-order valence-electron chi connectivity index (χ0n) is 10.8. The largest absolute Gasteiger partial charge is 0.481 e. The number of aryl methyl sites for hydroxylation is 2. The predicted molar refractivity (Wildman–Crippen MR) is 72.1 cm³/mol. The first-order valence-corrected chi connectivity index (χ1v) is 6.86. The topological polar surface area (TPSA) is 75.4 Å². The summed E-state index contributed by atoms with van der Waals surface area (Å²) in [5.41, 5.74) is 1.83. The third kappa shape index (κ3) is 3.42. The van der Waals surface area contributed by atoms with Crippen molar-refractivity contribution >= 4 is 17.3 Å². The molecule has 19 heavy (non-hydrogen) atoms. The van der Waals surface area contributed by atoms with Crippen LogP contribution in [-0.4, -0.2) is 16.2 Å². The molecule has 5 nitrogen and oxygen atoms in total. The molecule has 1 atom stereocenters. The molecule has 0 radical (unpaired) electrons. The summed E-state index contributed by atoms with van der Waals surface area (Å²) in [7, 11) is 0. The Kier molecular flexibility index (Phi) is 4.34. The first kappa shape index (κ1) is 13.8. The van der Waals surface area contributed by atoms with Crippen LogP contribution in [0.15, 0.2) is 22.0 Å². The van der Waals surface area contributed by atoms with Crippen molar-refractivity contribution in [1.82, 2.24) is 10.5 Å². The van der Waals surface area contributed by atoms with Gasteiger partial charge in [0.15, 0.2) is 0 Å². The van der Waals surface area contributed by atoms with E-state index in [1.54, 1.807) is 11.3 Å². The minimum atomic E-state index is -0.815. The third-order valence-corrected chi connectivity index (χ3v) is 3.96. The lowest BCUT2D eigenvalue weighted by Gasteiger charge is -2.15. The number of thiophene rings is 1. The number of carbonyl (C=O) groups is 1. The van der Waals surface area contributed by atoms with Gasteiger partial charge in [0.05, 0.1) is 18.2 Å². The Balaban J connectivity index is 2.07. The highest BCUT2D eigenvalue weighted by molar-refractivity contribution is 7.10. The van der Waals surface area contributed by atoms with Crippen LogP contribution in [-0.2, 0) is 11.3 Å². The van der Waals surface area contributed by atoms with E-state index in [1.165, 1.54) is 0 Å². The molecule has 2 aromatic heterocycles. The van der Waals surface area contributed by atoms with E-state index in [9.17, 15) is 4.79 Å². The molecule has 0 saturated heterocycles. The van der Waals surface area contributed by atoms with Gasteiger partial charge >= 0.3 is 5.97 Å². The molecule has 0 aromatic carbocycles. The van der Waals surface area contributed by atoms with Gasteiger partial charge in [-0.2, -0.15) is 0 Å². The van der Waals surface area contributed by atoms with E-state index >= 15 is 0 Å². The Labute approximate surface area is 115 Å². The summed E-state index contributed by atoms with van der Waals surface area (Å²) in [4.78, 5) is 12.0. The second-order valence-corrected chi connectivity index (χ2v) is 5.33. The maximum atomic E-state index is 10.9. The quantitative estimate of drug-likeness (QED) is 0.850. The average molecular weight is 280 g/mol. The number of hydrogen-bond acceptors (Lipinski definition) is 5. The lowest BCUT2D eigenvalue weighted by Crippen LogP contribution is -2.23. The van der Waals surface area contributed by atoms with Crippen LogP contribution in [0.1, 0.15) is 34.4 Å². The number of aliphatic carboxylic acids is 1. The smallest absolute Gasteiger partial charge is 0.305 e. The van der Waals surface area contributed by atoms with Gasteiger partial charge in [-0.05, 0) is 25.3 Å². The minimum absolute atomic E-state index is 0.0594. The maximum absolute atomic E-state index is 10.9. The first-order chi connectivity index (χ1) is 9.08. The number of carboxylic acid groups (broad SMARTS) is 1. The van der Waals surface area contributed by atoms with Crippen LogP contribution in [0.5, 0.6) is 0 Å². The van der Waals surface area contributed by atoms with Crippen molar-refractivity contribution in [3.05, 3.63) is 39.4 Å². The fourth-order valence-electron chi connectivity index (χ4n) is 1.92. The molecule has 0 saturated carbocycles. The van der Waals surface area contributed by atoms with Gasteiger partial charge in [0.2, 0.25) is 0 Å². The Morgan fingerprint density at radius 2 is 2.37 bits per heavy atom. The summed E-state index contributed by atoms with van der Waals surface area (Å²) in [6.07, 6.45) is 0.0594. The van der Waals surface area contributed by atoms with Crippen molar-refractivity contribution in [3.63, 3.8) is 0 Å². The monoisotopic (exact) mass is 280 g/mol. The molecule has 0 spiro atoms. The molecule has 102 valence electrons. The summed E-state index contributed by atoms with van der Waals surface area (Å²) in [5.74, 6) is -0.0464. The number of hydrogen-bond donors (Lipinski definition) is 2. The summed E-state index contributed by atoms with van der Waals surface area (Å²) in [5, 5.41) is 18.1. The number of nitrogens with zero attached hydrogens (tertiary/aromatic N) is 1. The molecular formula is C13H16N2O3S. The summed E-state index contributed by atoms with van der Waals surface area (Å²) in [6.45, 7) is 4.29. The predicted octanol–water partition coefficient (Wildman–Crippen LogP) is 2.66. The molecule has 0 aliphatic rings. The van der Waals surface area contributed by atoms with Crippen molar-refractivity contribution < 1.29 is 14.4 Å². The molecule has 2 aromatic rings. The molecule has 2 heterocycles. The second-order valence-electron chi connectivity index (χ2n) is 4.35. The fraction of sp³-hybridized carbons (Fsp3) is 0.385. The molecule has 0 fully saturated rings. The van der Waals surface area contributed by atoms with Crippen molar-refractivity contribution in [3.8, 4) is 0 Å². The van der Waals surface area contributed by atoms with E-state index in [1.807, 2.05) is 31.4 Å². The van der Waals surface area contributed by atoms with Crippen LogP contribution in [0.4, 0.5) is 0 Å². The van der Waals surface area contributed by atoms with Gasteiger partial charge in [-0.25, -0.2) is 0 Å². The minimum Gasteiger partial charge on any atom is -0.481 e. The van der Waals surface area contributed by atoms with Crippen LogP contribution in [0.25, 0.3) is 0 Å². The summed E-state index contributed by atoms with van der Waals surface area (Å²) >= 11 is 1.55. The number of aromatic nitrogens is 1. The fourth-order valence-corrected chi connectivity index (χ4v) is 2.72. The van der Waals surface area contributed by atoms with Gasteiger partial charge in [0, 0.05) is 17.0 Å². The molecule has 1 unspecified atom stereocenters. The molecule has 0 aliphatic heterocycles. The molecular weight excluding hydrogens is 264 g/mol. The number of rotatable bonds is 6. The highest BCUT2D eigenvalue weighted by Gasteiger charge is 2.18. The molecule has 2 N–H and O–H groups in total. The first-order valence-electron chi connectivity index (χ1n) is 5.98. The molecule has 6 heteroatoms. The second kappa shape index (κ2) is 5.99. The molecule has 0 amide bonds. The Morgan fingerprint density at radius 1 is 1.58 bits per heavy atom. The molecule has 0 aliphatic carbocycles. The van der Waals surface area contributed by atoms with Gasteiger partial charge in [-0.3, -0.25) is 4.79 Å². The zero-order chi connectivity index (χ0) is 13.8. The molecule has 2 rings (SSSR count). The van der Waals surface area contributed by atoms with Crippen LogP contribution >= 0.6 is 11.3 Å². The van der Waals surface area contributed by atoms with Crippen molar-refractivity contribution in [2.24, 2.45) is 0 Å². The van der Waals surface area contributed by atoms with E-state index < -0.39 is 5.97 Å². The normalized spacial score (nSPS) is 12.5. The van der Waals surface area contributed by atoms with Crippen LogP contribution < -0.4 is 5.32 Å². The van der Waals surface area contributed by atoms with E-state index in [2.05, 4.69) is 10.5 Å². The standard InChI is InChI=1S/C13H16N2O3S/c1-8-10(9(2)18-15-8)7-14-11(6-13(16)17)12-4-3-5-19-12/h3-5,11,14H,6-7H2,1-2H3,(H,16,17). The Hall–Kier alpha value is -1.66. The average Bonchev–Trinajstić information content (AvgIpc) is 2.97. The highest BCUT2D eigenvalue weighted by atomic mass is 32.1. The summed E-state index contributed by atoms with van der Waals surface area (Å²) < 4.78 is 5.10. The van der Waals surface area contributed by atoms with Gasteiger partial charge in [-0.15, -0.1) is 11.3 Å². The number of nitrogens with one attached hydrogen (secondary N) is 1. The zero-order valence-corrected chi connectivity index (χ0v) is 11.7. The van der Waals surface area contributed by atoms with E-state index in [0.717, 1.165) is 21.9 Å². The van der Waals surface area contributed by atoms with Crippen LogP contribution in [0, 0.1) is 13.8 Å². The lowest BCUT2D eigenvalue weighted by atomic mass is 10.1. The maximum Gasteiger partial charge on any atom is 0.305 e. The Bertz CT molecular complexity index is 529. The van der Waals surface area contributed by atoms with E-state index in [4.69, 9.17) is 9.63 Å².